The lowest BCUT2D eigenvalue weighted by Gasteiger charge is -2.41. The molecule has 2 nitrogen and oxygen atoms in total. The molecule has 0 heterocycles. The molecule has 1 rings (SSSR count). The fraction of sp³-hybridized carbons (Fsp3) is 1.00. The van der Waals surface area contributed by atoms with Gasteiger partial charge in [-0.3, -0.25) is 0 Å². The predicted molar refractivity (Wildman–Crippen MR) is 58.2 cm³/mol. The molecule has 0 atom stereocenters. The van der Waals surface area contributed by atoms with Crippen molar-refractivity contribution in [2.45, 2.75) is 52.2 Å². The Kier molecular flexibility index (Phi) is 4.39. The monoisotopic (exact) mass is 200 g/mol. The molecule has 2 heteroatoms. The van der Waals surface area contributed by atoms with Crippen molar-refractivity contribution in [3.63, 3.8) is 0 Å². The Morgan fingerprint density at radius 2 is 1.50 bits per heavy atom. The van der Waals surface area contributed by atoms with Gasteiger partial charge in [0.2, 0.25) is 0 Å². The smallest absolute Gasteiger partial charge is 0.162 e. The molecule has 0 aromatic carbocycles. The van der Waals surface area contributed by atoms with Crippen molar-refractivity contribution in [3.8, 4) is 0 Å². The van der Waals surface area contributed by atoms with Crippen LogP contribution in [0.1, 0.15) is 46.0 Å². The number of methoxy groups -OCH3 is 2. The van der Waals surface area contributed by atoms with Gasteiger partial charge in [-0.25, -0.2) is 0 Å². The maximum atomic E-state index is 5.40. The summed E-state index contributed by atoms with van der Waals surface area (Å²) in [6.45, 7) is 4.53. The summed E-state index contributed by atoms with van der Waals surface area (Å²) in [5.74, 6) is 0.751. The van der Waals surface area contributed by atoms with Crippen molar-refractivity contribution in [2.24, 2.45) is 11.3 Å². The molecule has 84 valence electrons. The highest BCUT2D eigenvalue weighted by molar-refractivity contribution is 4.83. The van der Waals surface area contributed by atoms with E-state index in [-0.39, 0.29) is 11.7 Å². The molecule has 1 saturated carbocycles. The van der Waals surface area contributed by atoms with Gasteiger partial charge in [-0.05, 0) is 18.8 Å². The third-order valence-electron chi connectivity index (χ3n) is 3.69. The van der Waals surface area contributed by atoms with E-state index in [0.717, 1.165) is 5.92 Å². The fourth-order valence-electron chi connectivity index (χ4n) is 2.74. The van der Waals surface area contributed by atoms with Crippen LogP contribution < -0.4 is 0 Å². The van der Waals surface area contributed by atoms with Gasteiger partial charge in [0, 0.05) is 19.6 Å². The van der Waals surface area contributed by atoms with Crippen molar-refractivity contribution in [1.82, 2.24) is 0 Å². The maximum Gasteiger partial charge on any atom is 0.162 e. The van der Waals surface area contributed by atoms with Gasteiger partial charge >= 0.3 is 0 Å². The summed E-state index contributed by atoms with van der Waals surface area (Å²) < 4.78 is 10.8. The summed E-state index contributed by atoms with van der Waals surface area (Å²) in [5, 5.41) is 0. The molecule has 0 saturated heterocycles. The van der Waals surface area contributed by atoms with Crippen LogP contribution in [0.15, 0.2) is 0 Å². The lowest BCUT2D eigenvalue weighted by Crippen LogP contribution is -2.40. The van der Waals surface area contributed by atoms with Crippen LogP contribution in [0, 0.1) is 11.3 Å². The van der Waals surface area contributed by atoms with Crippen LogP contribution in [-0.2, 0) is 9.47 Å². The zero-order chi connectivity index (χ0) is 10.6. The minimum absolute atomic E-state index is 0.0643. The first-order chi connectivity index (χ1) is 6.62. The van der Waals surface area contributed by atoms with Gasteiger partial charge in [-0.1, -0.05) is 33.1 Å². The van der Waals surface area contributed by atoms with Crippen LogP contribution in [-0.4, -0.2) is 20.5 Å². The molecule has 0 aliphatic heterocycles. The average molecular weight is 200 g/mol. The first-order valence-electron chi connectivity index (χ1n) is 5.68. The molecule has 0 unspecified atom stereocenters. The molecule has 0 amide bonds. The summed E-state index contributed by atoms with van der Waals surface area (Å²) in [6, 6.07) is 0. The van der Waals surface area contributed by atoms with Crippen LogP contribution in [0.2, 0.25) is 0 Å². The zero-order valence-corrected chi connectivity index (χ0v) is 10.0. The summed E-state index contributed by atoms with van der Waals surface area (Å²) in [7, 11) is 3.47. The van der Waals surface area contributed by atoms with Gasteiger partial charge in [-0.2, -0.15) is 0 Å². The van der Waals surface area contributed by atoms with Crippen molar-refractivity contribution >= 4 is 0 Å². The highest BCUT2D eigenvalue weighted by Crippen LogP contribution is 2.41. The summed E-state index contributed by atoms with van der Waals surface area (Å²) >= 11 is 0. The lowest BCUT2D eigenvalue weighted by molar-refractivity contribution is -0.187. The molecule has 1 fully saturated rings. The molecule has 0 radical (unpaired) electrons. The molecule has 0 aromatic rings. The van der Waals surface area contributed by atoms with Gasteiger partial charge in [-0.15, -0.1) is 0 Å². The standard InChI is InChI=1S/C12H24O2/c1-12(2,11(13-3)14-4)10-8-6-5-7-9-10/h10-11H,5-9H2,1-4H3. The van der Waals surface area contributed by atoms with Gasteiger partial charge in [0.25, 0.3) is 0 Å². The fourth-order valence-corrected chi connectivity index (χ4v) is 2.74. The van der Waals surface area contributed by atoms with Crippen molar-refractivity contribution in [1.29, 1.82) is 0 Å². The van der Waals surface area contributed by atoms with Crippen LogP contribution >= 0.6 is 0 Å². The molecule has 0 aromatic heterocycles. The van der Waals surface area contributed by atoms with E-state index < -0.39 is 0 Å². The molecule has 14 heavy (non-hydrogen) atoms. The summed E-state index contributed by atoms with van der Waals surface area (Å²) in [5.41, 5.74) is 0.143. The third kappa shape index (κ3) is 2.48. The van der Waals surface area contributed by atoms with Gasteiger partial charge < -0.3 is 9.47 Å². The summed E-state index contributed by atoms with van der Waals surface area (Å²) in [4.78, 5) is 0. The lowest BCUT2D eigenvalue weighted by atomic mass is 9.70. The Hall–Kier alpha value is -0.0800. The van der Waals surface area contributed by atoms with E-state index >= 15 is 0 Å². The van der Waals surface area contributed by atoms with Gasteiger partial charge in [0.15, 0.2) is 6.29 Å². The first-order valence-corrected chi connectivity index (χ1v) is 5.68. The Morgan fingerprint density at radius 1 is 1.00 bits per heavy atom. The van der Waals surface area contributed by atoms with Gasteiger partial charge in [0.05, 0.1) is 0 Å². The largest absolute Gasteiger partial charge is 0.355 e. The van der Waals surface area contributed by atoms with E-state index in [4.69, 9.17) is 9.47 Å². The first kappa shape index (κ1) is 12.0. The normalized spacial score (nSPS) is 20.4. The van der Waals surface area contributed by atoms with E-state index in [1.807, 2.05) is 0 Å². The minimum Gasteiger partial charge on any atom is -0.355 e. The van der Waals surface area contributed by atoms with Gasteiger partial charge in [0.1, 0.15) is 0 Å². The SMILES string of the molecule is COC(OC)C(C)(C)C1CCCCC1. The van der Waals surface area contributed by atoms with E-state index in [1.54, 1.807) is 14.2 Å². The minimum atomic E-state index is -0.0643. The van der Waals surface area contributed by atoms with Crippen molar-refractivity contribution in [2.75, 3.05) is 14.2 Å². The molecular formula is C12H24O2. The molecule has 1 aliphatic carbocycles. The topological polar surface area (TPSA) is 18.5 Å². The number of hydrogen-bond acceptors (Lipinski definition) is 2. The maximum absolute atomic E-state index is 5.40. The van der Waals surface area contributed by atoms with E-state index in [9.17, 15) is 0 Å². The number of hydrogen-bond donors (Lipinski definition) is 0. The molecule has 0 N–H and O–H groups in total. The second-order valence-electron chi connectivity index (χ2n) is 4.96. The summed E-state index contributed by atoms with van der Waals surface area (Å²) in [6.07, 6.45) is 6.73. The van der Waals surface area contributed by atoms with E-state index in [0.29, 0.717) is 0 Å². The van der Waals surface area contributed by atoms with Crippen LogP contribution in [0.5, 0.6) is 0 Å². The van der Waals surface area contributed by atoms with Crippen LogP contribution in [0.25, 0.3) is 0 Å². The number of ether oxygens (including phenoxy) is 2. The molecule has 0 spiro atoms. The Morgan fingerprint density at radius 3 is 1.93 bits per heavy atom. The second kappa shape index (κ2) is 5.13. The molecule has 1 aliphatic rings. The number of rotatable bonds is 4. The predicted octanol–water partition coefficient (Wildman–Crippen LogP) is 3.21. The Labute approximate surface area is 88.0 Å². The molecular weight excluding hydrogens is 176 g/mol. The second-order valence-corrected chi connectivity index (χ2v) is 4.96. The zero-order valence-electron chi connectivity index (χ0n) is 10.0. The van der Waals surface area contributed by atoms with Crippen LogP contribution in [0.4, 0.5) is 0 Å². The van der Waals surface area contributed by atoms with Crippen molar-refractivity contribution in [3.05, 3.63) is 0 Å². The van der Waals surface area contributed by atoms with E-state index in [2.05, 4.69) is 13.8 Å². The van der Waals surface area contributed by atoms with E-state index in [1.165, 1.54) is 32.1 Å². The highest BCUT2D eigenvalue weighted by atomic mass is 16.7. The highest BCUT2D eigenvalue weighted by Gasteiger charge is 2.38. The quantitative estimate of drug-likeness (QED) is 0.649. The average Bonchev–Trinajstić information content (AvgIpc) is 2.20. The van der Waals surface area contributed by atoms with Crippen LogP contribution in [0.3, 0.4) is 0 Å². The van der Waals surface area contributed by atoms with Crippen molar-refractivity contribution < 1.29 is 9.47 Å². The Bertz CT molecular complexity index is 156. The molecule has 0 bridgehead atoms. The Balaban J connectivity index is 2.60. The third-order valence-corrected chi connectivity index (χ3v) is 3.69.